The van der Waals surface area contributed by atoms with Crippen LogP contribution in [0.3, 0.4) is 0 Å². The Morgan fingerprint density at radius 1 is 1.04 bits per heavy atom. The van der Waals surface area contributed by atoms with Gasteiger partial charge in [0.2, 0.25) is 15.9 Å². The van der Waals surface area contributed by atoms with E-state index in [1.807, 2.05) is 30.3 Å². The first kappa shape index (κ1) is 19.9. The molecule has 0 saturated heterocycles. The molecule has 2 atom stereocenters. The molecule has 4 saturated carbocycles. The Bertz CT molecular complexity index is 834. The van der Waals surface area contributed by atoms with Crippen molar-refractivity contribution in [2.24, 2.45) is 22.2 Å². The van der Waals surface area contributed by atoms with Crippen LogP contribution in [0.1, 0.15) is 57.9 Å². The molecule has 5 rings (SSSR count). The predicted molar refractivity (Wildman–Crippen MR) is 110 cm³/mol. The molecule has 0 aromatic heterocycles. The van der Waals surface area contributed by atoms with E-state index in [1.54, 1.807) is 0 Å². The lowest BCUT2D eigenvalue weighted by Crippen LogP contribution is -2.60. The van der Waals surface area contributed by atoms with Crippen molar-refractivity contribution in [1.29, 1.82) is 0 Å². The summed E-state index contributed by atoms with van der Waals surface area (Å²) in [6, 6.07) is 9.45. The molecule has 2 N–H and O–H groups in total. The molecule has 1 amide bonds. The van der Waals surface area contributed by atoms with Crippen molar-refractivity contribution >= 4 is 15.9 Å². The lowest BCUT2D eigenvalue weighted by molar-refractivity contribution is -0.170. The number of carbonyl (C=O) groups excluding carboxylic acids is 1. The highest BCUT2D eigenvalue weighted by Gasteiger charge is 2.62. The molecule has 4 aliphatic carbocycles. The monoisotopic (exact) mass is 404 g/mol. The van der Waals surface area contributed by atoms with Crippen LogP contribution in [0.4, 0.5) is 0 Å². The number of carbonyl (C=O) groups is 1. The first-order chi connectivity index (χ1) is 13.1. The van der Waals surface area contributed by atoms with Crippen molar-refractivity contribution in [1.82, 2.24) is 10.0 Å². The quantitative estimate of drug-likeness (QED) is 0.733. The molecular weight excluding hydrogens is 372 g/mol. The van der Waals surface area contributed by atoms with Crippen molar-refractivity contribution in [3.05, 3.63) is 35.9 Å². The van der Waals surface area contributed by atoms with E-state index in [1.165, 1.54) is 19.3 Å². The zero-order valence-electron chi connectivity index (χ0n) is 17.0. The van der Waals surface area contributed by atoms with Gasteiger partial charge < -0.3 is 5.32 Å². The summed E-state index contributed by atoms with van der Waals surface area (Å²) in [6.45, 7) is 5.13. The smallest absolute Gasteiger partial charge is 0.226 e. The van der Waals surface area contributed by atoms with E-state index >= 15 is 0 Å². The van der Waals surface area contributed by atoms with E-state index in [4.69, 9.17) is 0 Å². The summed E-state index contributed by atoms with van der Waals surface area (Å²) in [5.74, 6) is 0.639. The Hall–Kier alpha value is -1.40. The van der Waals surface area contributed by atoms with Gasteiger partial charge in [-0.3, -0.25) is 4.79 Å². The van der Waals surface area contributed by atoms with E-state index in [2.05, 4.69) is 23.9 Å². The second-order valence-corrected chi connectivity index (χ2v) is 12.2. The number of rotatable bonds is 7. The molecule has 4 fully saturated rings. The maximum absolute atomic E-state index is 13.1. The number of nitrogens with one attached hydrogen (secondary N) is 2. The van der Waals surface area contributed by atoms with Gasteiger partial charge in [0, 0.05) is 13.1 Å². The number of sulfonamides is 1. The standard InChI is InChI=1S/C22H32N2O3S/c1-20-10-18-11-21(2,14-20)16-22(12-18,15-20)19(25)23-8-9-28(26,27)24-13-17-6-4-3-5-7-17/h3-7,18,24H,8-16H2,1-2H3,(H,23,25). The van der Waals surface area contributed by atoms with Crippen LogP contribution < -0.4 is 10.0 Å². The van der Waals surface area contributed by atoms with Gasteiger partial charge in [-0.25, -0.2) is 13.1 Å². The summed E-state index contributed by atoms with van der Waals surface area (Å²) in [6.07, 6.45) is 6.60. The van der Waals surface area contributed by atoms with E-state index in [0.717, 1.165) is 24.8 Å². The van der Waals surface area contributed by atoms with Crippen LogP contribution in [0, 0.1) is 22.2 Å². The maximum Gasteiger partial charge on any atom is 0.226 e. The molecule has 1 aromatic carbocycles. The SMILES string of the molecule is CC12CC3CC(C)(C1)CC(C(=O)NCCS(=O)(=O)NCc1ccccc1)(C3)C2. The molecule has 6 heteroatoms. The first-order valence-electron chi connectivity index (χ1n) is 10.4. The van der Waals surface area contributed by atoms with Gasteiger partial charge in [-0.1, -0.05) is 44.2 Å². The average molecular weight is 405 g/mol. The molecular formula is C22H32N2O3S. The molecule has 154 valence electrons. The Morgan fingerprint density at radius 2 is 1.68 bits per heavy atom. The maximum atomic E-state index is 13.1. The minimum atomic E-state index is -3.42. The predicted octanol–water partition coefficient (Wildman–Crippen LogP) is 3.22. The van der Waals surface area contributed by atoms with Crippen LogP contribution in [0.2, 0.25) is 0 Å². The Morgan fingerprint density at radius 3 is 2.29 bits per heavy atom. The van der Waals surface area contributed by atoms with Gasteiger partial charge in [-0.05, 0) is 60.8 Å². The summed E-state index contributed by atoms with van der Waals surface area (Å²) < 4.78 is 27.2. The normalized spacial score (nSPS) is 36.4. The molecule has 4 bridgehead atoms. The van der Waals surface area contributed by atoms with Crippen molar-refractivity contribution < 1.29 is 13.2 Å². The third-order valence-electron chi connectivity index (χ3n) is 7.10. The summed E-state index contributed by atoms with van der Waals surface area (Å²) in [7, 11) is -3.42. The van der Waals surface area contributed by atoms with Crippen molar-refractivity contribution in [2.75, 3.05) is 12.3 Å². The molecule has 4 aliphatic rings. The van der Waals surface area contributed by atoms with E-state index in [-0.39, 0.29) is 41.0 Å². The minimum Gasteiger partial charge on any atom is -0.355 e. The molecule has 2 unspecified atom stereocenters. The van der Waals surface area contributed by atoms with Crippen molar-refractivity contribution in [3.63, 3.8) is 0 Å². The Labute approximate surface area is 168 Å². The first-order valence-corrected chi connectivity index (χ1v) is 12.1. The highest BCUT2D eigenvalue weighted by atomic mass is 32.2. The second kappa shape index (κ2) is 6.84. The summed E-state index contributed by atoms with van der Waals surface area (Å²) >= 11 is 0. The van der Waals surface area contributed by atoms with Gasteiger partial charge in [0.25, 0.3) is 0 Å². The topological polar surface area (TPSA) is 75.3 Å². The zero-order chi connectivity index (χ0) is 20.0. The number of benzene rings is 1. The van der Waals surface area contributed by atoms with E-state index in [0.29, 0.717) is 5.92 Å². The van der Waals surface area contributed by atoms with Crippen LogP contribution in [0.5, 0.6) is 0 Å². The summed E-state index contributed by atoms with van der Waals surface area (Å²) in [5.41, 5.74) is 1.18. The van der Waals surface area contributed by atoms with Gasteiger partial charge in [0.1, 0.15) is 0 Å². The molecule has 0 radical (unpaired) electrons. The number of amides is 1. The third kappa shape index (κ3) is 3.99. The van der Waals surface area contributed by atoms with Gasteiger partial charge in [-0.2, -0.15) is 0 Å². The summed E-state index contributed by atoms with van der Waals surface area (Å²) in [4.78, 5) is 13.1. The summed E-state index contributed by atoms with van der Waals surface area (Å²) in [5, 5.41) is 2.97. The highest BCUT2D eigenvalue weighted by Crippen LogP contribution is 2.69. The van der Waals surface area contributed by atoms with Gasteiger partial charge in [0.05, 0.1) is 11.2 Å². The average Bonchev–Trinajstić information content (AvgIpc) is 2.57. The molecule has 0 aliphatic heterocycles. The van der Waals surface area contributed by atoms with E-state index in [9.17, 15) is 13.2 Å². The van der Waals surface area contributed by atoms with Crippen molar-refractivity contribution in [3.8, 4) is 0 Å². The van der Waals surface area contributed by atoms with Gasteiger partial charge in [0.15, 0.2) is 0 Å². The van der Waals surface area contributed by atoms with Crippen LogP contribution in [0.25, 0.3) is 0 Å². The Kier molecular flexibility index (Phi) is 4.86. The third-order valence-corrected chi connectivity index (χ3v) is 8.43. The Balaban J connectivity index is 1.32. The lowest BCUT2D eigenvalue weighted by Gasteiger charge is -2.64. The van der Waals surface area contributed by atoms with E-state index < -0.39 is 10.0 Å². The highest BCUT2D eigenvalue weighted by molar-refractivity contribution is 7.89. The van der Waals surface area contributed by atoms with Crippen LogP contribution >= 0.6 is 0 Å². The molecule has 0 spiro atoms. The lowest BCUT2D eigenvalue weighted by atomic mass is 9.40. The van der Waals surface area contributed by atoms with Crippen LogP contribution in [0.15, 0.2) is 30.3 Å². The molecule has 0 heterocycles. The largest absolute Gasteiger partial charge is 0.355 e. The minimum absolute atomic E-state index is 0.0762. The second-order valence-electron chi connectivity index (χ2n) is 10.3. The van der Waals surface area contributed by atoms with Crippen molar-refractivity contribution in [2.45, 2.75) is 58.9 Å². The number of hydrogen-bond acceptors (Lipinski definition) is 3. The molecule has 5 nitrogen and oxygen atoms in total. The number of hydrogen-bond donors (Lipinski definition) is 2. The zero-order valence-corrected chi connectivity index (χ0v) is 17.8. The fraction of sp³-hybridized carbons (Fsp3) is 0.682. The van der Waals surface area contributed by atoms with Gasteiger partial charge in [-0.15, -0.1) is 0 Å². The molecule has 1 aromatic rings. The molecule has 28 heavy (non-hydrogen) atoms. The fourth-order valence-electron chi connectivity index (χ4n) is 7.05. The van der Waals surface area contributed by atoms with Gasteiger partial charge >= 0.3 is 0 Å². The van der Waals surface area contributed by atoms with Crippen LogP contribution in [-0.2, 0) is 21.4 Å². The fourth-order valence-corrected chi connectivity index (χ4v) is 7.95. The van der Waals surface area contributed by atoms with Crippen LogP contribution in [-0.4, -0.2) is 26.6 Å².